The number of hydrogen-bond acceptors (Lipinski definition) is 7. The molecule has 9 heteroatoms. The summed E-state index contributed by atoms with van der Waals surface area (Å²) >= 11 is 0. The Morgan fingerprint density at radius 1 is 0.909 bits per heavy atom. The molecule has 2 aromatic carbocycles. The maximum absolute atomic E-state index is 12.6. The zero-order valence-corrected chi connectivity index (χ0v) is 18.9. The molecular formula is C24H28N6O3. The third-order valence-corrected chi connectivity index (χ3v) is 4.43. The van der Waals surface area contributed by atoms with Crippen LogP contribution in [0.1, 0.15) is 42.4 Å². The summed E-state index contributed by atoms with van der Waals surface area (Å²) in [5, 5.41) is 8.55. The van der Waals surface area contributed by atoms with E-state index in [1.165, 1.54) is 12.4 Å². The van der Waals surface area contributed by atoms with Crippen LogP contribution in [0.5, 0.6) is 0 Å². The third-order valence-electron chi connectivity index (χ3n) is 4.43. The minimum absolute atomic E-state index is 0.139. The molecule has 0 aliphatic carbocycles. The van der Waals surface area contributed by atoms with Gasteiger partial charge in [0.2, 0.25) is 0 Å². The van der Waals surface area contributed by atoms with Crippen LogP contribution in [0.2, 0.25) is 0 Å². The van der Waals surface area contributed by atoms with Gasteiger partial charge < -0.3 is 21.1 Å². The molecule has 0 saturated heterocycles. The van der Waals surface area contributed by atoms with Gasteiger partial charge in [0, 0.05) is 13.1 Å². The number of carbonyl (C=O) groups is 2. The van der Waals surface area contributed by atoms with E-state index in [4.69, 9.17) is 10.5 Å². The molecule has 0 saturated carbocycles. The summed E-state index contributed by atoms with van der Waals surface area (Å²) in [4.78, 5) is 33.2. The summed E-state index contributed by atoms with van der Waals surface area (Å²) in [5.41, 5.74) is 8.08. The summed E-state index contributed by atoms with van der Waals surface area (Å²) in [5.74, 6) is 0.0892. The second-order valence-electron chi connectivity index (χ2n) is 8.29. The van der Waals surface area contributed by atoms with Gasteiger partial charge in [0.1, 0.15) is 17.1 Å². The van der Waals surface area contributed by atoms with Gasteiger partial charge in [-0.2, -0.15) is 0 Å². The molecule has 33 heavy (non-hydrogen) atoms. The molecule has 0 unspecified atom stereocenters. The van der Waals surface area contributed by atoms with Crippen molar-refractivity contribution in [3.05, 3.63) is 77.7 Å². The number of hydrogen-bond donors (Lipinski definition) is 4. The molecule has 0 fully saturated rings. The standard InChI is InChI=1S/C24H28N6O3/c1-24(2,3)33-23(32)30-19-7-5-4-6-18(19)29-22(31)20-14-28-21(15-26-20)27-13-17-10-8-16(12-25)9-11-17/h4-11,14-15H,12-13,25H2,1-3H3,(H,27,28)(H,29,31)(H,30,32). The number of nitrogens with zero attached hydrogens (tertiary/aromatic N) is 2. The predicted molar refractivity (Wildman–Crippen MR) is 128 cm³/mol. The van der Waals surface area contributed by atoms with Crippen molar-refractivity contribution in [3.63, 3.8) is 0 Å². The van der Waals surface area contributed by atoms with E-state index >= 15 is 0 Å². The molecule has 0 bridgehead atoms. The van der Waals surface area contributed by atoms with Crippen LogP contribution in [0, 0.1) is 0 Å². The van der Waals surface area contributed by atoms with E-state index in [0.717, 1.165) is 11.1 Å². The second kappa shape index (κ2) is 10.6. The van der Waals surface area contributed by atoms with Crippen LogP contribution < -0.4 is 21.7 Å². The van der Waals surface area contributed by atoms with Crippen LogP contribution in [0.25, 0.3) is 0 Å². The van der Waals surface area contributed by atoms with Crippen LogP contribution >= 0.6 is 0 Å². The highest BCUT2D eigenvalue weighted by Crippen LogP contribution is 2.22. The van der Waals surface area contributed by atoms with Crippen molar-refractivity contribution in [1.82, 2.24) is 9.97 Å². The number of carbonyl (C=O) groups excluding carboxylic acids is 2. The summed E-state index contributed by atoms with van der Waals surface area (Å²) in [6, 6.07) is 14.8. The topological polar surface area (TPSA) is 131 Å². The maximum atomic E-state index is 12.6. The van der Waals surface area contributed by atoms with E-state index in [-0.39, 0.29) is 5.69 Å². The molecule has 2 amide bonds. The Morgan fingerprint density at radius 2 is 1.55 bits per heavy atom. The number of anilines is 3. The first-order valence-corrected chi connectivity index (χ1v) is 10.5. The molecule has 0 atom stereocenters. The van der Waals surface area contributed by atoms with E-state index in [1.807, 2.05) is 24.3 Å². The van der Waals surface area contributed by atoms with E-state index in [9.17, 15) is 9.59 Å². The van der Waals surface area contributed by atoms with Crippen molar-refractivity contribution < 1.29 is 14.3 Å². The predicted octanol–water partition coefficient (Wildman–Crippen LogP) is 4.15. The Kier molecular flexibility index (Phi) is 7.57. The van der Waals surface area contributed by atoms with Gasteiger partial charge in [0.25, 0.3) is 5.91 Å². The van der Waals surface area contributed by atoms with Crippen LogP contribution in [-0.4, -0.2) is 27.6 Å². The van der Waals surface area contributed by atoms with Crippen molar-refractivity contribution in [3.8, 4) is 0 Å². The molecule has 0 radical (unpaired) electrons. The normalized spacial score (nSPS) is 10.9. The van der Waals surface area contributed by atoms with Crippen molar-refractivity contribution in [1.29, 1.82) is 0 Å². The fraction of sp³-hybridized carbons (Fsp3) is 0.250. The third kappa shape index (κ3) is 7.29. The summed E-state index contributed by atoms with van der Waals surface area (Å²) in [7, 11) is 0. The molecule has 5 N–H and O–H groups in total. The van der Waals surface area contributed by atoms with Gasteiger partial charge >= 0.3 is 6.09 Å². The second-order valence-corrected chi connectivity index (χ2v) is 8.29. The van der Waals surface area contributed by atoms with Crippen LogP contribution in [0.3, 0.4) is 0 Å². The lowest BCUT2D eigenvalue weighted by atomic mass is 10.1. The van der Waals surface area contributed by atoms with E-state index in [1.54, 1.807) is 45.0 Å². The minimum atomic E-state index is -0.637. The average molecular weight is 449 g/mol. The molecule has 172 valence electrons. The van der Waals surface area contributed by atoms with E-state index < -0.39 is 17.6 Å². The van der Waals surface area contributed by atoms with Crippen molar-refractivity contribution >= 4 is 29.2 Å². The van der Waals surface area contributed by atoms with Gasteiger partial charge in [-0.1, -0.05) is 36.4 Å². The van der Waals surface area contributed by atoms with Gasteiger partial charge in [0.15, 0.2) is 0 Å². The Balaban J connectivity index is 1.60. The zero-order valence-electron chi connectivity index (χ0n) is 18.9. The summed E-state index contributed by atoms with van der Waals surface area (Å²) in [6.07, 6.45) is 2.27. The van der Waals surface area contributed by atoms with Crippen LogP contribution in [0.4, 0.5) is 22.0 Å². The number of amides is 2. The fourth-order valence-electron chi connectivity index (χ4n) is 2.82. The van der Waals surface area contributed by atoms with Gasteiger partial charge in [-0.3, -0.25) is 10.1 Å². The summed E-state index contributed by atoms with van der Waals surface area (Å²) in [6.45, 7) is 6.39. The van der Waals surface area contributed by atoms with Crippen molar-refractivity contribution in [2.45, 2.75) is 39.5 Å². The van der Waals surface area contributed by atoms with E-state index in [2.05, 4.69) is 25.9 Å². The van der Waals surface area contributed by atoms with Crippen LogP contribution in [0.15, 0.2) is 60.9 Å². The molecule has 1 aromatic heterocycles. The number of benzene rings is 2. The lowest BCUT2D eigenvalue weighted by Crippen LogP contribution is -2.27. The van der Waals surface area contributed by atoms with Gasteiger partial charge in [0.05, 0.1) is 23.8 Å². The summed E-state index contributed by atoms with van der Waals surface area (Å²) < 4.78 is 5.27. The maximum Gasteiger partial charge on any atom is 0.412 e. The number of rotatable bonds is 7. The first-order valence-electron chi connectivity index (χ1n) is 10.5. The smallest absolute Gasteiger partial charge is 0.412 e. The molecular weight excluding hydrogens is 420 g/mol. The minimum Gasteiger partial charge on any atom is -0.444 e. The monoisotopic (exact) mass is 448 g/mol. The first kappa shape index (κ1) is 23.7. The molecule has 0 aliphatic heterocycles. The Bertz CT molecular complexity index is 1090. The zero-order chi connectivity index (χ0) is 23.8. The lowest BCUT2D eigenvalue weighted by molar-refractivity contribution is 0.0635. The largest absolute Gasteiger partial charge is 0.444 e. The molecule has 3 rings (SSSR count). The molecule has 0 spiro atoms. The lowest BCUT2D eigenvalue weighted by Gasteiger charge is -2.20. The Morgan fingerprint density at radius 3 is 2.12 bits per heavy atom. The fourth-order valence-corrected chi connectivity index (χ4v) is 2.82. The highest BCUT2D eigenvalue weighted by atomic mass is 16.6. The van der Waals surface area contributed by atoms with Crippen LogP contribution in [-0.2, 0) is 17.8 Å². The highest BCUT2D eigenvalue weighted by molar-refractivity contribution is 6.05. The quantitative estimate of drug-likeness (QED) is 0.427. The molecule has 3 aromatic rings. The Hall–Kier alpha value is -3.98. The van der Waals surface area contributed by atoms with Crippen molar-refractivity contribution in [2.75, 3.05) is 16.0 Å². The molecule has 9 nitrogen and oxygen atoms in total. The van der Waals surface area contributed by atoms with Gasteiger partial charge in [-0.15, -0.1) is 0 Å². The molecule has 0 aliphatic rings. The molecule has 1 heterocycles. The number of nitrogens with one attached hydrogen (secondary N) is 3. The average Bonchev–Trinajstić information content (AvgIpc) is 2.78. The van der Waals surface area contributed by atoms with Gasteiger partial charge in [-0.25, -0.2) is 14.8 Å². The van der Waals surface area contributed by atoms with Gasteiger partial charge in [-0.05, 0) is 44.0 Å². The first-order chi connectivity index (χ1) is 15.7. The number of ether oxygens (including phenoxy) is 1. The number of aromatic nitrogens is 2. The number of para-hydroxylation sites is 2. The van der Waals surface area contributed by atoms with E-state index in [0.29, 0.717) is 30.3 Å². The number of nitrogens with two attached hydrogens (primary N) is 1. The van der Waals surface area contributed by atoms with Crippen molar-refractivity contribution in [2.24, 2.45) is 5.73 Å². The Labute approximate surface area is 192 Å². The highest BCUT2D eigenvalue weighted by Gasteiger charge is 2.18. The SMILES string of the molecule is CC(C)(C)OC(=O)Nc1ccccc1NC(=O)c1cnc(NCc2ccc(CN)cc2)cn1.